The molecule has 0 atom stereocenters. The highest BCUT2D eigenvalue weighted by Crippen LogP contribution is 2.11. The zero-order valence-electron chi connectivity index (χ0n) is 6.35. The Labute approximate surface area is 64.0 Å². The first-order valence-electron chi connectivity index (χ1n) is 3.57. The van der Waals surface area contributed by atoms with Crippen molar-refractivity contribution in [2.45, 2.75) is 26.7 Å². The zero-order valence-corrected chi connectivity index (χ0v) is 7.24. The smallest absolute Gasteiger partial charge is 0.139 e. The van der Waals surface area contributed by atoms with Crippen LogP contribution < -0.4 is 5.50 Å². The minimum absolute atomic E-state index is 0.777. The minimum atomic E-state index is 0.777. The van der Waals surface area contributed by atoms with Gasteiger partial charge >= 0.3 is 0 Å². The summed E-state index contributed by atoms with van der Waals surface area (Å²) in [6.07, 6.45) is 3.84. The monoisotopic (exact) mass is 154 g/mol. The molecule has 0 unspecified atom stereocenters. The van der Waals surface area contributed by atoms with Crippen molar-refractivity contribution in [3.05, 3.63) is 17.4 Å². The summed E-state index contributed by atoms with van der Waals surface area (Å²) in [5.41, 5.74) is 3.32. The Morgan fingerprint density at radius 1 is 1.40 bits per heavy atom. The normalized spacial score (nSPS) is 10.3. The van der Waals surface area contributed by atoms with Gasteiger partial charge in [0.2, 0.25) is 0 Å². The average Bonchev–Trinajstić information content (AvgIpc) is 2.30. The summed E-state index contributed by atoms with van der Waals surface area (Å²) >= 11 is 0. The molecule has 2 radical (unpaired) electrons. The summed E-state index contributed by atoms with van der Waals surface area (Å²) in [5, 5.41) is 0. The van der Waals surface area contributed by atoms with Gasteiger partial charge in [0.25, 0.3) is 0 Å². The number of furan rings is 1. The Hall–Kier alpha value is -0.290. The van der Waals surface area contributed by atoms with Gasteiger partial charge in [-0.3, -0.25) is 0 Å². The van der Waals surface area contributed by atoms with E-state index in [2.05, 4.69) is 23.1 Å². The van der Waals surface area contributed by atoms with E-state index in [9.17, 15) is 0 Å². The maximum Gasteiger partial charge on any atom is 0.139 e. The summed E-state index contributed by atoms with van der Waals surface area (Å²) in [5.74, 6) is 0. The predicted octanol–water partition coefficient (Wildman–Crippen LogP) is 2.44. The summed E-state index contributed by atoms with van der Waals surface area (Å²) in [6, 6.07) is 0. The fourth-order valence-corrected chi connectivity index (χ4v) is 1.44. The molecule has 0 aliphatic rings. The second-order valence-electron chi connectivity index (χ2n) is 2.25. The van der Waals surface area contributed by atoms with Crippen LogP contribution in [0.3, 0.4) is 0 Å². The van der Waals surface area contributed by atoms with E-state index >= 15 is 0 Å². The van der Waals surface area contributed by atoms with Crippen molar-refractivity contribution >= 4 is 14.7 Å². The van der Waals surface area contributed by atoms with E-state index in [1.54, 1.807) is 6.26 Å². The van der Waals surface area contributed by atoms with E-state index in [0.717, 1.165) is 18.3 Å². The molecule has 0 N–H and O–H groups in total. The summed E-state index contributed by atoms with van der Waals surface area (Å²) in [6.45, 7) is 4.24. The third-order valence-corrected chi connectivity index (χ3v) is 2.07. The van der Waals surface area contributed by atoms with Gasteiger partial charge in [0, 0.05) is 14.8 Å². The molecule has 0 aliphatic heterocycles. The van der Waals surface area contributed by atoms with Crippen LogP contribution in [0.15, 0.2) is 10.7 Å². The molecule has 0 aliphatic carbocycles. The van der Waals surface area contributed by atoms with E-state index in [0.29, 0.717) is 0 Å². The Kier molecular flexibility index (Phi) is 2.50. The van der Waals surface area contributed by atoms with Gasteiger partial charge in [-0.15, -0.1) is 0 Å². The lowest BCUT2D eigenvalue weighted by molar-refractivity contribution is 0.599. The van der Waals surface area contributed by atoms with Gasteiger partial charge in [0.15, 0.2) is 0 Å². The topological polar surface area (TPSA) is 13.1 Å². The second-order valence-corrected chi connectivity index (χ2v) is 2.66. The number of aryl methyl sites for hydroxylation is 1. The third-order valence-electron chi connectivity index (χ3n) is 1.69. The maximum atomic E-state index is 5.14. The molecule has 0 aromatic carbocycles. The van der Waals surface area contributed by atoms with Crippen molar-refractivity contribution in [3.63, 3.8) is 0 Å². The van der Waals surface area contributed by atoms with Gasteiger partial charge in [-0.2, -0.15) is 0 Å². The molecular formula is C8H11OP. The third kappa shape index (κ3) is 1.24. The van der Waals surface area contributed by atoms with Crippen molar-refractivity contribution in [2.24, 2.45) is 0 Å². The molecule has 0 spiro atoms. The first-order chi connectivity index (χ1) is 4.79. The summed E-state index contributed by atoms with van der Waals surface area (Å²) in [4.78, 5) is 0. The van der Waals surface area contributed by atoms with Crippen molar-refractivity contribution in [2.75, 3.05) is 0 Å². The molecule has 10 heavy (non-hydrogen) atoms. The van der Waals surface area contributed by atoms with Crippen molar-refractivity contribution in [1.82, 2.24) is 0 Å². The zero-order chi connectivity index (χ0) is 7.56. The van der Waals surface area contributed by atoms with Crippen LogP contribution >= 0.6 is 9.24 Å². The number of hydrogen-bond donors (Lipinski definition) is 0. The largest absolute Gasteiger partial charge is 0.463 e. The number of hydrogen-bond acceptors (Lipinski definition) is 1. The van der Waals surface area contributed by atoms with Crippen LogP contribution in [-0.2, 0) is 12.8 Å². The highest BCUT2D eigenvalue weighted by atomic mass is 31.0. The van der Waals surface area contributed by atoms with Crippen molar-refractivity contribution in [1.29, 1.82) is 0 Å². The predicted molar refractivity (Wildman–Crippen MR) is 44.0 cm³/mol. The summed E-state index contributed by atoms with van der Waals surface area (Å²) in [7, 11) is 4.19. The molecule has 0 amide bonds. The quantitative estimate of drug-likeness (QED) is 0.596. The van der Waals surface area contributed by atoms with Crippen molar-refractivity contribution < 1.29 is 4.42 Å². The highest BCUT2D eigenvalue weighted by molar-refractivity contribution is 7.26. The standard InChI is InChI=1S/C8H11OP/c1-3-6-5-9-8(10)7(6)4-2/h5H,3-4H2,1-2H3. The SMILES string of the molecule is CCc1coc([P])c1CC. The molecule has 0 bridgehead atoms. The van der Waals surface area contributed by atoms with Gasteiger partial charge in [-0.1, -0.05) is 13.8 Å². The van der Waals surface area contributed by atoms with E-state index in [4.69, 9.17) is 4.42 Å². The second kappa shape index (κ2) is 3.21. The van der Waals surface area contributed by atoms with E-state index in [1.165, 1.54) is 11.1 Å². The maximum absolute atomic E-state index is 5.14. The Balaban J connectivity index is 3.01. The van der Waals surface area contributed by atoms with Crippen LogP contribution in [0.1, 0.15) is 25.0 Å². The fourth-order valence-electron chi connectivity index (χ4n) is 1.08. The minimum Gasteiger partial charge on any atom is -0.463 e. The fraction of sp³-hybridized carbons (Fsp3) is 0.500. The first kappa shape index (κ1) is 7.81. The van der Waals surface area contributed by atoms with Gasteiger partial charge in [0.05, 0.1) is 6.26 Å². The van der Waals surface area contributed by atoms with Crippen LogP contribution in [0.25, 0.3) is 0 Å². The van der Waals surface area contributed by atoms with Crippen molar-refractivity contribution in [3.8, 4) is 0 Å². The van der Waals surface area contributed by atoms with Gasteiger partial charge in [-0.25, -0.2) is 0 Å². The van der Waals surface area contributed by atoms with Crippen LogP contribution in [0, 0.1) is 0 Å². The van der Waals surface area contributed by atoms with Gasteiger partial charge in [-0.05, 0) is 18.4 Å². The van der Waals surface area contributed by atoms with Crippen LogP contribution in [-0.4, -0.2) is 0 Å². The summed E-state index contributed by atoms with van der Waals surface area (Å²) < 4.78 is 5.14. The molecule has 54 valence electrons. The molecule has 1 nitrogen and oxygen atoms in total. The van der Waals surface area contributed by atoms with Crippen LogP contribution in [0.4, 0.5) is 0 Å². The lowest BCUT2D eigenvalue weighted by Gasteiger charge is -1.93. The molecule has 1 heterocycles. The molecular weight excluding hydrogens is 143 g/mol. The lowest BCUT2D eigenvalue weighted by atomic mass is 10.1. The highest BCUT2D eigenvalue weighted by Gasteiger charge is 2.05. The van der Waals surface area contributed by atoms with Gasteiger partial charge < -0.3 is 4.42 Å². The molecule has 0 saturated carbocycles. The molecule has 2 heteroatoms. The van der Waals surface area contributed by atoms with Crippen LogP contribution in [0.2, 0.25) is 0 Å². The molecule has 0 fully saturated rings. The van der Waals surface area contributed by atoms with Crippen LogP contribution in [0.5, 0.6) is 0 Å². The molecule has 1 aromatic rings. The Morgan fingerprint density at radius 3 is 2.50 bits per heavy atom. The Morgan fingerprint density at radius 2 is 2.10 bits per heavy atom. The average molecular weight is 154 g/mol. The van der Waals surface area contributed by atoms with E-state index < -0.39 is 0 Å². The van der Waals surface area contributed by atoms with E-state index in [1.807, 2.05) is 0 Å². The first-order valence-corrected chi connectivity index (χ1v) is 4.02. The number of rotatable bonds is 2. The molecule has 1 rings (SSSR count). The molecule has 0 saturated heterocycles. The Bertz CT molecular complexity index is 215. The molecule has 1 aromatic heterocycles. The lowest BCUT2D eigenvalue weighted by Crippen LogP contribution is -1.96. The van der Waals surface area contributed by atoms with E-state index in [-0.39, 0.29) is 0 Å². The van der Waals surface area contributed by atoms with Gasteiger partial charge in [0.1, 0.15) is 5.50 Å².